The van der Waals surface area contributed by atoms with E-state index < -0.39 is 0 Å². The molecule has 4 nitrogen and oxygen atoms in total. The van der Waals surface area contributed by atoms with E-state index in [1.165, 1.54) is 22.3 Å². The number of carbonyl (C=O) groups excluding carboxylic acids is 2. The van der Waals surface area contributed by atoms with E-state index in [2.05, 4.69) is 43.3 Å². The summed E-state index contributed by atoms with van der Waals surface area (Å²) in [5.41, 5.74) is 4.92. The molecule has 140 valence electrons. The summed E-state index contributed by atoms with van der Waals surface area (Å²) < 4.78 is 5.74. The van der Waals surface area contributed by atoms with Gasteiger partial charge in [-0.1, -0.05) is 55.5 Å². The van der Waals surface area contributed by atoms with Crippen LogP contribution in [0.2, 0.25) is 0 Å². The second kappa shape index (κ2) is 7.55. The molecule has 0 aromatic heterocycles. The second-order valence-electron chi connectivity index (χ2n) is 7.68. The van der Waals surface area contributed by atoms with E-state index in [4.69, 9.17) is 4.74 Å². The smallest absolute Gasteiger partial charge is 0.409 e. The summed E-state index contributed by atoms with van der Waals surface area (Å²) in [4.78, 5) is 25.2. The zero-order valence-corrected chi connectivity index (χ0v) is 15.6. The Morgan fingerprint density at radius 3 is 2.33 bits per heavy atom. The maximum absolute atomic E-state index is 12.6. The molecular weight excluding hydrogens is 338 g/mol. The zero-order valence-electron chi connectivity index (χ0n) is 15.6. The number of likely N-dealkylation sites (tertiary alicyclic amines) is 1. The predicted octanol–water partition coefficient (Wildman–Crippen LogP) is 4.48. The fraction of sp³-hybridized carbons (Fsp3) is 0.391. The van der Waals surface area contributed by atoms with Crippen molar-refractivity contribution in [1.29, 1.82) is 0 Å². The molecule has 1 saturated heterocycles. The average Bonchev–Trinajstić information content (AvgIpc) is 3.02. The molecule has 0 bridgehead atoms. The molecule has 1 heterocycles. The van der Waals surface area contributed by atoms with Gasteiger partial charge in [-0.3, -0.25) is 0 Å². The van der Waals surface area contributed by atoms with Crippen LogP contribution < -0.4 is 0 Å². The Labute approximate surface area is 160 Å². The summed E-state index contributed by atoms with van der Waals surface area (Å²) >= 11 is 0. The second-order valence-corrected chi connectivity index (χ2v) is 7.68. The average molecular weight is 363 g/mol. The van der Waals surface area contributed by atoms with Crippen LogP contribution in [-0.4, -0.2) is 37.0 Å². The highest BCUT2D eigenvalue weighted by atomic mass is 16.6. The Balaban J connectivity index is 1.43. The van der Waals surface area contributed by atoms with Gasteiger partial charge in [-0.2, -0.15) is 0 Å². The van der Waals surface area contributed by atoms with Crippen LogP contribution in [0.4, 0.5) is 4.79 Å². The lowest BCUT2D eigenvalue weighted by Crippen LogP contribution is -2.43. The summed E-state index contributed by atoms with van der Waals surface area (Å²) in [6, 6.07) is 16.7. The quantitative estimate of drug-likeness (QED) is 0.752. The molecule has 4 heteroatoms. The lowest BCUT2D eigenvalue weighted by Gasteiger charge is -2.35. The Bertz CT molecular complexity index is 802. The molecule has 2 aromatic rings. The molecule has 4 rings (SSSR count). The SMILES string of the molecule is C[C@H]1CN(C(=O)OCC2c3ccccc3-c3ccccc32)CC[C@@H]1CC=O. The van der Waals surface area contributed by atoms with E-state index in [9.17, 15) is 9.59 Å². The van der Waals surface area contributed by atoms with E-state index in [1.807, 2.05) is 12.1 Å². The van der Waals surface area contributed by atoms with Crippen LogP contribution in [-0.2, 0) is 9.53 Å². The molecule has 1 amide bonds. The molecule has 1 fully saturated rings. The third-order valence-corrected chi connectivity index (χ3v) is 6.08. The van der Waals surface area contributed by atoms with Crippen LogP contribution in [0, 0.1) is 11.8 Å². The molecule has 0 unspecified atom stereocenters. The van der Waals surface area contributed by atoms with E-state index >= 15 is 0 Å². The number of piperidine rings is 1. The van der Waals surface area contributed by atoms with Crippen molar-refractivity contribution in [2.75, 3.05) is 19.7 Å². The normalized spacial score (nSPS) is 21.4. The number of nitrogens with zero attached hydrogens (tertiary/aromatic N) is 1. The van der Waals surface area contributed by atoms with Crippen LogP contribution in [0.5, 0.6) is 0 Å². The molecule has 1 aliphatic carbocycles. The van der Waals surface area contributed by atoms with Gasteiger partial charge in [0.2, 0.25) is 0 Å². The molecule has 1 aliphatic heterocycles. The van der Waals surface area contributed by atoms with E-state index in [0.717, 1.165) is 12.7 Å². The van der Waals surface area contributed by atoms with Gasteiger partial charge in [-0.05, 0) is 40.5 Å². The highest BCUT2D eigenvalue weighted by molar-refractivity contribution is 5.79. The lowest BCUT2D eigenvalue weighted by molar-refractivity contribution is -0.109. The molecular formula is C23H25NO3. The number of hydrogen-bond acceptors (Lipinski definition) is 3. The fourth-order valence-corrected chi connectivity index (χ4v) is 4.52. The summed E-state index contributed by atoms with van der Waals surface area (Å²) in [6.07, 6.45) is 2.20. The molecule has 27 heavy (non-hydrogen) atoms. The molecule has 2 aliphatic rings. The monoisotopic (exact) mass is 363 g/mol. The van der Waals surface area contributed by atoms with E-state index in [1.54, 1.807) is 4.90 Å². The van der Waals surface area contributed by atoms with Crippen molar-refractivity contribution in [1.82, 2.24) is 4.90 Å². The zero-order chi connectivity index (χ0) is 18.8. The highest BCUT2D eigenvalue weighted by Gasteiger charge is 2.32. The van der Waals surface area contributed by atoms with Gasteiger partial charge in [0.1, 0.15) is 12.9 Å². The molecule has 0 N–H and O–H groups in total. The number of amides is 1. The first kappa shape index (κ1) is 17.8. The topological polar surface area (TPSA) is 46.6 Å². The van der Waals surface area contributed by atoms with Gasteiger partial charge in [0.25, 0.3) is 0 Å². The summed E-state index contributed by atoms with van der Waals surface area (Å²) in [6.45, 7) is 3.79. The highest BCUT2D eigenvalue weighted by Crippen LogP contribution is 2.44. The first-order valence-electron chi connectivity index (χ1n) is 9.72. The van der Waals surface area contributed by atoms with Crippen molar-refractivity contribution in [3.05, 3.63) is 59.7 Å². The molecule has 0 spiro atoms. The number of ether oxygens (including phenoxy) is 1. The van der Waals surface area contributed by atoms with Crippen LogP contribution in [0.1, 0.15) is 36.8 Å². The largest absolute Gasteiger partial charge is 0.448 e. The third-order valence-electron chi connectivity index (χ3n) is 6.08. The minimum atomic E-state index is -0.242. The third kappa shape index (κ3) is 3.36. The van der Waals surface area contributed by atoms with Crippen molar-refractivity contribution in [3.8, 4) is 11.1 Å². The van der Waals surface area contributed by atoms with Crippen LogP contribution >= 0.6 is 0 Å². The van der Waals surface area contributed by atoms with Gasteiger partial charge >= 0.3 is 6.09 Å². The van der Waals surface area contributed by atoms with Gasteiger partial charge in [0, 0.05) is 25.4 Å². The number of rotatable bonds is 4. The van der Waals surface area contributed by atoms with Crippen molar-refractivity contribution >= 4 is 12.4 Å². The van der Waals surface area contributed by atoms with E-state index in [-0.39, 0.29) is 12.0 Å². The minimum absolute atomic E-state index is 0.0892. The Morgan fingerprint density at radius 2 is 1.74 bits per heavy atom. The predicted molar refractivity (Wildman–Crippen MR) is 105 cm³/mol. The Morgan fingerprint density at radius 1 is 1.11 bits per heavy atom. The Kier molecular flexibility index (Phi) is 4.97. The van der Waals surface area contributed by atoms with Gasteiger partial charge < -0.3 is 14.4 Å². The van der Waals surface area contributed by atoms with Crippen molar-refractivity contribution in [2.45, 2.75) is 25.7 Å². The number of benzene rings is 2. The van der Waals surface area contributed by atoms with Gasteiger partial charge in [0.05, 0.1) is 0 Å². The van der Waals surface area contributed by atoms with Crippen LogP contribution in [0.25, 0.3) is 11.1 Å². The van der Waals surface area contributed by atoms with Crippen LogP contribution in [0.3, 0.4) is 0 Å². The van der Waals surface area contributed by atoms with Crippen LogP contribution in [0.15, 0.2) is 48.5 Å². The maximum Gasteiger partial charge on any atom is 0.409 e. The van der Waals surface area contributed by atoms with Crippen molar-refractivity contribution in [3.63, 3.8) is 0 Å². The van der Waals surface area contributed by atoms with Gasteiger partial charge in [-0.15, -0.1) is 0 Å². The summed E-state index contributed by atoms with van der Waals surface area (Å²) in [5.74, 6) is 0.788. The fourth-order valence-electron chi connectivity index (χ4n) is 4.52. The minimum Gasteiger partial charge on any atom is -0.448 e. The number of hydrogen-bond donors (Lipinski definition) is 0. The van der Waals surface area contributed by atoms with E-state index in [0.29, 0.717) is 38.0 Å². The van der Waals surface area contributed by atoms with Gasteiger partial charge in [0.15, 0.2) is 0 Å². The molecule has 2 atom stereocenters. The number of carbonyl (C=O) groups is 2. The van der Waals surface area contributed by atoms with Gasteiger partial charge in [-0.25, -0.2) is 4.79 Å². The lowest BCUT2D eigenvalue weighted by atomic mass is 9.85. The molecule has 0 saturated carbocycles. The standard InChI is InChI=1S/C23H25NO3/c1-16-14-24(12-10-17(16)11-13-25)23(26)27-15-22-20-8-4-2-6-18(20)19-7-3-5-9-21(19)22/h2-9,13,16-17,22H,10-12,14-15H2,1H3/t16-,17+/m0/s1. The molecule has 0 radical (unpaired) electrons. The summed E-state index contributed by atoms with van der Waals surface area (Å²) in [5, 5.41) is 0. The first-order valence-corrected chi connectivity index (χ1v) is 9.72. The summed E-state index contributed by atoms with van der Waals surface area (Å²) in [7, 11) is 0. The Hall–Kier alpha value is -2.62. The van der Waals surface area contributed by atoms with Crippen molar-refractivity contribution < 1.29 is 14.3 Å². The first-order chi connectivity index (χ1) is 13.2. The molecule has 2 aromatic carbocycles. The van der Waals surface area contributed by atoms with Crippen molar-refractivity contribution in [2.24, 2.45) is 11.8 Å². The number of fused-ring (bicyclic) bond motifs is 3. The maximum atomic E-state index is 12.6. The number of aldehydes is 1.